The second-order valence-corrected chi connectivity index (χ2v) is 9.33. The molecule has 1 heterocycles. The number of esters is 1. The molecule has 1 unspecified atom stereocenters. The fourth-order valence-electron chi connectivity index (χ4n) is 3.08. The Morgan fingerprint density at radius 1 is 1.06 bits per heavy atom. The lowest BCUT2D eigenvalue weighted by atomic mass is 10.1. The summed E-state index contributed by atoms with van der Waals surface area (Å²) in [4.78, 5) is 25.1. The van der Waals surface area contributed by atoms with Gasteiger partial charge >= 0.3 is 5.97 Å². The van der Waals surface area contributed by atoms with E-state index in [1.165, 1.54) is 23.4 Å². The zero-order chi connectivity index (χ0) is 22.6. The number of amides is 1. The highest BCUT2D eigenvalue weighted by molar-refractivity contribution is 7.89. The second kappa shape index (κ2) is 9.59. The van der Waals surface area contributed by atoms with Crippen LogP contribution in [0.15, 0.2) is 47.4 Å². The Labute approximate surface area is 182 Å². The first-order valence-electron chi connectivity index (χ1n) is 9.95. The van der Waals surface area contributed by atoms with Crippen molar-refractivity contribution in [2.24, 2.45) is 0 Å². The van der Waals surface area contributed by atoms with Gasteiger partial charge in [-0.3, -0.25) is 4.79 Å². The molecule has 1 aliphatic rings. The van der Waals surface area contributed by atoms with Crippen molar-refractivity contribution in [2.75, 3.05) is 31.6 Å². The maximum Gasteiger partial charge on any atom is 0.339 e. The van der Waals surface area contributed by atoms with E-state index in [0.29, 0.717) is 24.5 Å². The predicted octanol–water partition coefficient (Wildman–Crippen LogP) is 2.51. The van der Waals surface area contributed by atoms with Gasteiger partial charge in [0.2, 0.25) is 10.0 Å². The Kier molecular flexibility index (Phi) is 7.09. The van der Waals surface area contributed by atoms with Crippen LogP contribution in [0, 0.1) is 13.8 Å². The van der Waals surface area contributed by atoms with E-state index in [1.54, 1.807) is 25.1 Å². The normalized spacial score (nSPS) is 15.8. The van der Waals surface area contributed by atoms with Crippen molar-refractivity contribution >= 4 is 27.6 Å². The van der Waals surface area contributed by atoms with Crippen LogP contribution < -0.4 is 5.32 Å². The van der Waals surface area contributed by atoms with Gasteiger partial charge in [0.25, 0.3) is 5.91 Å². The van der Waals surface area contributed by atoms with Crippen molar-refractivity contribution in [2.45, 2.75) is 31.8 Å². The van der Waals surface area contributed by atoms with Crippen LogP contribution >= 0.6 is 0 Å². The molecule has 0 spiro atoms. The van der Waals surface area contributed by atoms with Crippen molar-refractivity contribution in [3.05, 3.63) is 59.2 Å². The van der Waals surface area contributed by atoms with E-state index >= 15 is 0 Å². The summed E-state index contributed by atoms with van der Waals surface area (Å²) >= 11 is 0. The van der Waals surface area contributed by atoms with Gasteiger partial charge in [-0.2, -0.15) is 4.31 Å². The van der Waals surface area contributed by atoms with Gasteiger partial charge in [0.05, 0.1) is 23.7 Å². The molecule has 2 aromatic rings. The van der Waals surface area contributed by atoms with Crippen LogP contribution in [0.3, 0.4) is 0 Å². The van der Waals surface area contributed by atoms with Crippen LogP contribution in [-0.4, -0.2) is 57.0 Å². The molecule has 8 nitrogen and oxygen atoms in total. The standard InChI is InChI=1S/C22H26N2O6S/c1-15-4-7-18(8-5-15)23-21(25)17(3)30-22(26)20-14-19(9-6-16(20)2)31(27,28)24-10-12-29-13-11-24/h4-9,14,17H,10-13H2,1-3H3,(H,23,25). The summed E-state index contributed by atoms with van der Waals surface area (Å²) in [6.45, 7) is 6.25. The third kappa shape index (κ3) is 5.49. The second-order valence-electron chi connectivity index (χ2n) is 7.40. The van der Waals surface area contributed by atoms with Crippen LogP contribution in [0.5, 0.6) is 0 Å². The van der Waals surface area contributed by atoms with Crippen molar-refractivity contribution in [3.63, 3.8) is 0 Å². The summed E-state index contributed by atoms with van der Waals surface area (Å²) < 4.78 is 37.6. The van der Waals surface area contributed by atoms with Crippen LogP contribution in [-0.2, 0) is 24.3 Å². The van der Waals surface area contributed by atoms with Gasteiger partial charge in [0, 0.05) is 18.8 Å². The SMILES string of the molecule is Cc1ccc(NC(=O)C(C)OC(=O)c2cc(S(=O)(=O)N3CCOCC3)ccc2C)cc1. The minimum atomic E-state index is -3.76. The number of nitrogens with one attached hydrogen (secondary N) is 1. The molecule has 31 heavy (non-hydrogen) atoms. The number of nitrogens with zero attached hydrogens (tertiary/aromatic N) is 1. The molecule has 1 aliphatic heterocycles. The molecule has 1 amide bonds. The minimum absolute atomic E-state index is 0.00344. The predicted molar refractivity (Wildman–Crippen MR) is 115 cm³/mol. The first-order chi connectivity index (χ1) is 14.7. The topological polar surface area (TPSA) is 102 Å². The number of sulfonamides is 1. The van der Waals surface area contributed by atoms with E-state index in [0.717, 1.165) is 5.56 Å². The lowest BCUT2D eigenvalue weighted by Crippen LogP contribution is -2.40. The van der Waals surface area contributed by atoms with E-state index in [-0.39, 0.29) is 23.5 Å². The highest BCUT2D eigenvalue weighted by Crippen LogP contribution is 2.21. The Morgan fingerprint density at radius 3 is 2.35 bits per heavy atom. The van der Waals surface area contributed by atoms with E-state index in [9.17, 15) is 18.0 Å². The minimum Gasteiger partial charge on any atom is -0.449 e. The van der Waals surface area contributed by atoms with Gasteiger partial charge in [-0.1, -0.05) is 23.8 Å². The number of benzene rings is 2. The number of hydrogen-bond acceptors (Lipinski definition) is 6. The van der Waals surface area contributed by atoms with E-state index < -0.39 is 28.0 Å². The monoisotopic (exact) mass is 446 g/mol. The van der Waals surface area contributed by atoms with Crippen molar-refractivity contribution < 1.29 is 27.5 Å². The summed E-state index contributed by atoms with van der Waals surface area (Å²) in [6, 6.07) is 11.5. The third-order valence-corrected chi connectivity index (χ3v) is 6.90. The first-order valence-corrected chi connectivity index (χ1v) is 11.4. The number of carbonyl (C=O) groups is 2. The first kappa shape index (κ1) is 22.9. The number of aryl methyl sites for hydroxylation is 2. The highest BCUT2D eigenvalue weighted by atomic mass is 32.2. The molecular weight excluding hydrogens is 420 g/mol. The molecule has 1 atom stereocenters. The molecule has 0 saturated carbocycles. The zero-order valence-corrected chi connectivity index (χ0v) is 18.6. The molecule has 1 N–H and O–H groups in total. The molecule has 1 fully saturated rings. The van der Waals surface area contributed by atoms with Crippen molar-refractivity contribution in [1.82, 2.24) is 4.31 Å². The fourth-order valence-corrected chi connectivity index (χ4v) is 4.51. The average molecular weight is 447 g/mol. The van der Waals surface area contributed by atoms with Gasteiger partial charge in [0.1, 0.15) is 0 Å². The van der Waals surface area contributed by atoms with Crippen LogP contribution in [0.2, 0.25) is 0 Å². The summed E-state index contributed by atoms with van der Waals surface area (Å²) in [6.07, 6.45) is -1.06. The van der Waals surface area contributed by atoms with E-state index in [4.69, 9.17) is 9.47 Å². The molecule has 0 bridgehead atoms. The Morgan fingerprint density at radius 2 is 1.71 bits per heavy atom. The van der Waals surface area contributed by atoms with Crippen LogP contribution in [0.4, 0.5) is 5.69 Å². The maximum absolute atomic E-state index is 12.9. The van der Waals surface area contributed by atoms with Gasteiger partial charge < -0.3 is 14.8 Å². The molecule has 2 aromatic carbocycles. The van der Waals surface area contributed by atoms with Gasteiger partial charge in [-0.15, -0.1) is 0 Å². The van der Waals surface area contributed by atoms with Gasteiger partial charge in [-0.05, 0) is 50.6 Å². The Balaban J connectivity index is 1.72. The number of morpholine rings is 1. The van der Waals surface area contributed by atoms with Gasteiger partial charge in [-0.25, -0.2) is 13.2 Å². The van der Waals surface area contributed by atoms with E-state index in [1.807, 2.05) is 19.1 Å². The van der Waals surface area contributed by atoms with Gasteiger partial charge in [0.15, 0.2) is 6.10 Å². The Hall–Kier alpha value is -2.75. The molecule has 0 aliphatic carbocycles. The van der Waals surface area contributed by atoms with Crippen LogP contribution in [0.25, 0.3) is 0 Å². The Bertz CT molecular complexity index is 1060. The molecular formula is C22H26N2O6S. The number of carbonyl (C=O) groups excluding carboxylic acids is 2. The summed E-state index contributed by atoms with van der Waals surface area (Å²) in [7, 11) is -3.76. The lowest BCUT2D eigenvalue weighted by Gasteiger charge is -2.26. The maximum atomic E-state index is 12.9. The molecule has 166 valence electrons. The summed E-state index contributed by atoms with van der Waals surface area (Å²) in [5, 5.41) is 2.69. The number of anilines is 1. The number of ether oxygens (including phenoxy) is 2. The quantitative estimate of drug-likeness (QED) is 0.684. The average Bonchev–Trinajstić information content (AvgIpc) is 2.76. The highest BCUT2D eigenvalue weighted by Gasteiger charge is 2.28. The lowest BCUT2D eigenvalue weighted by molar-refractivity contribution is -0.123. The molecule has 1 saturated heterocycles. The van der Waals surface area contributed by atoms with Crippen molar-refractivity contribution in [1.29, 1.82) is 0 Å². The van der Waals surface area contributed by atoms with E-state index in [2.05, 4.69) is 5.32 Å². The van der Waals surface area contributed by atoms with Crippen molar-refractivity contribution in [3.8, 4) is 0 Å². The summed E-state index contributed by atoms with van der Waals surface area (Å²) in [5.41, 5.74) is 2.30. The molecule has 0 aromatic heterocycles. The molecule has 0 radical (unpaired) electrons. The third-order valence-electron chi connectivity index (χ3n) is 5.01. The smallest absolute Gasteiger partial charge is 0.339 e. The largest absolute Gasteiger partial charge is 0.449 e. The number of hydrogen-bond donors (Lipinski definition) is 1. The number of rotatable bonds is 6. The van der Waals surface area contributed by atoms with Crippen LogP contribution in [0.1, 0.15) is 28.4 Å². The molecule has 3 rings (SSSR count). The molecule has 9 heteroatoms. The fraction of sp³-hybridized carbons (Fsp3) is 0.364. The zero-order valence-electron chi connectivity index (χ0n) is 17.8. The summed E-state index contributed by atoms with van der Waals surface area (Å²) in [5.74, 6) is -1.24.